The molecule has 0 aliphatic carbocycles. The highest BCUT2D eigenvalue weighted by atomic mass is 15.0. The molecule has 0 N–H and O–H groups in total. The van der Waals surface area contributed by atoms with E-state index in [0.717, 1.165) is 82.6 Å². The fourth-order valence-corrected chi connectivity index (χ4v) is 7.00. The van der Waals surface area contributed by atoms with Gasteiger partial charge in [0.2, 0.25) is 0 Å². The molecule has 0 radical (unpaired) electrons. The van der Waals surface area contributed by atoms with E-state index in [2.05, 4.69) is 140 Å². The van der Waals surface area contributed by atoms with Gasteiger partial charge in [-0.25, -0.2) is 24.9 Å². The van der Waals surface area contributed by atoms with Gasteiger partial charge in [-0.2, -0.15) is 0 Å². The van der Waals surface area contributed by atoms with Crippen LogP contribution in [-0.2, 0) is 0 Å². The molecule has 0 atom stereocenters. The van der Waals surface area contributed by atoms with Gasteiger partial charge in [0.25, 0.3) is 0 Å². The summed E-state index contributed by atoms with van der Waals surface area (Å²) in [6, 6.07) is 48.1. The first-order valence-corrected chi connectivity index (χ1v) is 17.5. The minimum Gasteiger partial charge on any atom is -0.247 e. The number of hydrogen-bond donors (Lipinski definition) is 0. The quantitative estimate of drug-likeness (QED) is 0.130. The second kappa shape index (κ2) is 13.1. The number of para-hydroxylation sites is 1. The van der Waals surface area contributed by atoms with Gasteiger partial charge >= 0.3 is 0 Å². The van der Waals surface area contributed by atoms with Crippen molar-refractivity contribution >= 4 is 49.4 Å². The molecule has 0 saturated carbocycles. The van der Waals surface area contributed by atoms with Crippen LogP contribution in [0, 0.1) is 6.92 Å². The summed E-state index contributed by atoms with van der Waals surface area (Å²) in [5.41, 5.74) is 8.47. The van der Waals surface area contributed by atoms with Gasteiger partial charge in [0.15, 0.2) is 17.5 Å². The summed E-state index contributed by atoms with van der Waals surface area (Å²) >= 11 is 0. The van der Waals surface area contributed by atoms with Crippen molar-refractivity contribution in [1.82, 2.24) is 24.9 Å². The van der Waals surface area contributed by atoms with Gasteiger partial charge in [-0.15, -0.1) is 0 Å². The predicted molar refractivity (Wildman–Crippen MR) is 216 cm³/mol. The summed E-state index contributed by atoms with van der Waals surface area (Å²) in [4.78, 5) is 25.9. The van der Waals surface area contributed by atoms with Gasteiger partial charge in [0.05, 0.1) is 22.4 Å². The van der Waals surface area contributed by atoms with Gasteiger partial charge in [0.1, 0.15) is 0 Å². The van der Waals surface area contributed by atoms with Gasteiger partial charge in [0, 0.05) is 33.0 Å². The second-order valence-corrected chi connectivity index (χ2v) is 12.9. The third kappa shape index (κ3) is 5.59. The molecular formula is C47H33N5. The molecule has 0 aliphatic heterocycles. The van der Waals surface area contributed by atoms with Crippen LogP contribution in [-0.4, -0.2) is 24.9 Å². The minimum absolute atomic E-state index is 0.596. The Bertz CT molecular complexity index is 2780. The molecule has 5 nitrogen and oxygen atoms in total. The van der Waals surface area contributed by atoms with Crippen molar-refractivity contribution in [3.05, 3.63) is 169 Å². The number of aryl methyl sites for hydroxylation is 1. The number of aromatic nitrogens is 5. The van der Waals surface area contributed by atoms with E-state index in [1.54, 1.807) is 0 Å². The van der Waals surface area contributed by atoms with Crippen LogP contribution in [0.25, 0.3) is 94.8 Å². The zero-order valence-corrected chi connectivity index (χ0v) is 28.8. The van der Waals surface area contributed by atoms with E-state index in [-0.39, 0.29) is 0 Å². The monoisotopic (exact) mass is 667 g/mol. The Labute approximate surface area is 301 Å². The number of hydrogen-bond acceptors (Lipinski definition) is 5. The lowest BCUT2D eigenvalue weighted by atomic mass is 9.99. The molecule has 0 aliphatic rings. The number of allylic oxidation sites excluding steroid dienone is 3. The highest BCUT2D eigenvalue weighted by Gasteiger charge is 2.18. The zero-order valence-electron chi connectivity index (χ0n) is 28.8. The molecule has 0 unspecified atom stereocenters. The summed E-state index contributed by atoms with van der Waals surface area (Å²) in [5.74, 6) is 1.85. The standard InChI is InChI=1S/C47H33N5/c1-3-4-5-26-41-30(2)28-40-43(49-42-27-11-10-23-39(42)44(40)48-41)33-19-12-20-34(29-33)45-50-46(37-24-13-17-31-15-6-8-21-35(31)37)52-47(51-45)38-25-14-18-32-16-7-9-22-36(32)38/h3-29H,1-2H3/b4-3-,26-5-. The lowest BCUT2D eigenvalue weighted by Crippen LogP contribution is -2.01. The van der Waals surface area contributed by atoms with Crippen molar-refractivity contribution in [2.45, 2.75) is 13.8 Å². The second-order valence-electron chi connectivity index (χ2n) is 12.9. The molecule has 0 fully saturated rings. The van der Waals surface area contributed by atoms with Crippen molar-refractivity contribution < 1.29 is 0 Å². The smallest absolute Gasteiger partial charge is 0.164 e. The molecule has 0 spiro atoms. The van der Waals surface area contributed by atoms with Crippen LogP contribution in [0.3, 0.4) is 0 Å². The predicted octanol–water partition coefficient (Wildman–Crippen LogP) is 11.8. The first-order valence-electron chi connectivity index (χ1n) is 17.5. The molecule has 52 heavy (non-hydrogen) atoms. The first kappa shape index (κ1) is 31.2. The molecule has 3 heterocycles. The molecular weight excluding hydrogens is 635 g/mol. The maximum Gasteiger partial charge on any atom is 0.164 e. The maximum atomic E-state index is 5.23. The fourth-order valence-electron chi connectivity index (χ4n) is 7.00. The van der Waals surface area contributed by atoms with E-state index in [9.17, 15) is 0 Å². The summed E-state index contributed by atoms with van der Waals surface area (Å²) in [6.45, 7) is 4.11. The average molecular weight is 668 g/mol. The third-order valence-corrected chi connectivity index (χ3v) is 9.55. The van der Waals surface area contributed by atoms with Gasteiger partial charge in [-0.3, -0.25) is 0 Å². The van der Waals surface area contributed by atoms with Crippen molar-refractivity contribution in [1.29, 1.82) is 0 Å². The highest BCUT2D eigenvalue weighted by molar-refractivity contribution is 6.09. The molecule has 0 saturated heterocycles. The van der Waals surface area contributed by atoms with Crippen molar-refractivity contribution in [3.8, 4) is 45.4 Å². The minimum atomic E-state index is 0.596. The number of pyridine rings is 2. The molecule has 3 aromatic heterocycles. The topological polar surface area (TPSA) is 64.5 Å². The Balaban J connectivity index is 1.26. The molecule has 5 heteroatoms. The van der Waals surface area contributed by atoms with E-state index < -0.39 is 0 Å². The normalized spacial score (nSPS) is 11.9. The van der Waals surface area contributed by atoms with E-state index in [4.69, 9.17) is 24.9 Å². The van der Waals surface area contributed by atoms with Crippen LogP contribution in [0.4, 0.5) is 0 Å². The molecule has 9 rings (SSSR count). The van der Waals surface area contributed by atoms with Crippen LogP contribution < -0.4 is 0 Å². The highest BCUT2D eigenvalue weighted by Crippen LogP contribution is 2.36. The summed E-state index contributed by atoms with van der Waals surface area (Å²) < 4.78 is 0. The Morgan fingerprint density at radius 3 is 1.73 bits per heavy atom. The third-order valence-electron chi connectivity index (χ3n) is 9.55. The summed E-state index contributed by atoms with van der Waals surface area (Å²) in [5, 5.41) is 6.47. The van der Waals surface area contributed by atoms with E-state index >= 15 is 0 Å². The lowest BCUT2D eigenvalue weighted by molar-refractivity contribution is 1.08. The largest absolute Gasteiger partial charge is 0.247 e. The first-order chi connectivity index (χ1) is 25.6. The summed E-state index contributed by atoms with van der Waals surface area (Å²) in [7, 11) is 0. The lowest BCUT2D eigenvalue weighted by Gasteiger charge is -2.14. The van der Waals surface area contributed by atoms with E-state index in [1.165, 1.54) is 0 Å². The van der Waals surface area contributed by atoms with Crippen LogP contribution in [0.2, 0.25) is 0 Å². The average Bonchev–Trinajstić information content (AvgIpc) is 3.20. The van der Waals surface area contributed by atoms with E-state index in [1.807, 2.05) is 37.3 Å². The fraction of sp³-hybridized carbons (Fsp3) is 0.0426. The van der Waals surface area contributed by atoms with Crippen molar-refractivity contribution in [2.75, 3.05) is 0 Å². The maximum absolute atomic E-state index is 5.23. The van der Waals surface area contributed by atoms with Crippen LogP contribution in [0.15, 0.2) is 158 Å². The molecule has 0 bridgehead atoms. The van der Waals surface area contributed by atoms with Crippen LogP contribution >= 0.6 is 0 Å². The Morgan fingerprint density at radius 2 is 1.04 bits per heavy atom. The number of fused-ring (bicyclic) bond motifs is 5. The summed E-state index contributed by atoms with van der Waals surface area (Å²) in [6.07, 6.45) is 8.13. The van der Waals surface area contributed by atoms with Crippen molar-refractivity contribution in [2.24, 2.45) is 0 Å². The van der Waals surface area contributed by atoms with Crippen LogP contribution in [0.5, 0.6) is 0 Å². The Kier molecular flexibility index (Phi) is 7.86. The zero-order chi connectivity index (χ0) is 35.0. The number of rotatable bonds is 6. The molecule has 0 amide bonds. The van der Waals surface area contributed by atoms with Crippen molar-refractivity contribution in [3.63, 3.8) is 0 Å². The Hall–Kier alpha value is -6.85. The molecule has 6 aromatic carbocycles. The molecule has 246 valence electrons. The van der Waals surface area contributed by atoms with Crippen LogP contribution in [0.1, 0.15) is 18.2 Å². The number of nitrogens with zero attached hydrogens (tertiary/aromatic N) is 5. The van der Waals surface area contributed by atoms with Gasteiger partial charge in [-0.05, 0) is 65.2 Å². The molecule has 9 aromatic rings. The van der Waals surface area contributed by atoms with E-state index in [0.29, 0.717) is 17.5 Å². The SMILES string of the molecule is C/C=C\C=C/c1nc2c(cc1C)c(-c1cccc(-c3nc(-c4cccc5ccccc45)nc(-c4cccc5ccccc45)n3)c1)nc1ccccc12. The number of benzene rings is 6. The van der Waals surface area contributed by atoms with Gasteiger partial charge < -0.3 is 0 Å². The Morgan fingerprint density at radius 1 is 0.462 bits per heavy atom. The van der Waals surface area contributed by atoms with Gasteiger partial charge in [-0.1, -0.05) is 140 Å².